The van der Waals surface area contributed by atoms with Crippen LogP contribution in [0.1, 0.15) is 6.92 Å². The normalized spacial score (nSPS) is 13.6. The van der Waals surface area contributed by atoms with Crippen molar-refractivity contribution in [3.05, 3.63) is 28.5 Å². The van der Waals surface area contributed by atoms with E-state index in [0.29, 0.717) is 0 Å². The van der Waals surface area contributed by atoms with Crippen LogP contribution in [0.25, 0.3) is 0 Å². The summed E-state index contributed by atoms with van der Waals surface area (Å²) in [4.78, 5) is -0.352. The van der Waals surface area contributed by atoms with E-state index in [-0.39, 0.29) is 22.0 Å². The molecule has 0 bridgehead atoms. The fraction of sp³-hybridized carbons (Fsp3) is 0.400. The maximum absolute atomic E-state index is 13.6. The van der Waals surface area contributed by atoms with Gasteiger partial charge in [-0.25, -0.2) is 17.5 Å². The van der Waals surface area contributed by atoms with Crippen molar-refractivity contribution < 1.29 is 12.8 Å². The van der Waals surface area contributed by atoms with E-state index in [1.807, 2.05) is 6.92 Å². The second-order valence-electron chi connectivity index (χ2n) is 3.59. The predicted molar refractivity (Wildman–Crippen MR) is 67.8 cm³/mol. The SMILES string of the molecule is CNC(C)CNS(=O)(=O)c1cccc(Br)c1F. The first kappa shape index (κ1) is 14.6. The van der Waals surface area contributed by atoms with Crippen molar-refractivity contribution in [1.29, 1.82) is 0 Å². The lowest BCUT2D eigenvalue weighted by Crippen LogP contribution is -2.37. The Kier molecular flexibility index (Phi) is 5.05. The van der Waals surface area contributed by atoms with Gasteiger partial charge in [0.2, 0.25) is 10.0 Å². The Morgan fingerprint density at radius 1 is 1.47 bits per heavy atom. The fourth-order valence-electron chi connectivity index (χ4n) is 1.11. The van der Waals surface area contributed by atoms with E-state index in [9.17, 15) is 12.8 Å². The molecule has 0 saturated carbocycles. The third-order valence-corrected chi connectivity index (χ3v) is 4.33. The van der Waals surface area contributed by atoms with Crippen LogP contribution in [0.2, 0.25) is 0 Å². The Labute approximate surface area is 109 Å². The molecule has 0 heterocycles. The highest BCUT2D eigenvalue weighted by Crippen LogP contribution is 2.21. The highest BCUT2D eigenvalue weighted by atomic mass is 79.9. The summed E-state index contributed by atoms with van der Waals surface area (Å²) in [6.45, 7) is 2.02. The highest BCUT2D eigenvalue weighted by Gasteiger charge is 2.20. The van der Waals surface area contributed by atoms with E-state index < -0.39 is 15.8 Å². The zero-order valence-electron chi connectivity index (χ0n) is 9.50. The molecule has 0 aliphatic rings. The topological polar surface area (TPSA) is 58.2 Å². The maximum atomic E-state index is 13.6. The molecule has 0 spiro atoms. The summed E-state index contributed by atoms with van der Waals surface area (Å²) in [7, 11) is -2.09. The summed E-state index contributed by atoms with van der Waals surface area (Å²) in [5.74, 6) is -0.780. The summed E-state index contributed by atoms with van der Waals surface area (Å²) in [6, 6.07) is 4.13. The van der Waals surface area contributed by atoms with Crippen LogP contribution in [0.5, 0.6) is 0 Å². The van der Waals surface area contributed by atoms with E-state index >= 15 is 0 Å². The van der Waals surface area contributed by atoms with Crippen LogP contribution in [0, 0.1) is 5.82 Å². The monoisotopic (exact) mass is 324 g/mol. The molecule has 1 rings (SSSR count). The molecule has 0 aliphatic heterocycles. The number of halogens is 2. The molecule has 1 unspecified atom stereocenters. The Morgan fingerprint density at radius 2 is 2.12 bits per heavy atom. The molecule has 7 heteroatoms. The van der Waals surface area contributed by atoms with Crippen LogP contribution >= 0.6 is 15.9 Å². The molecule has 1 aromatic carbocycles. The van der Waals surface area contributed by atoms with Gasteiger partial charge in [0.25, 0.3) is 0 Å². The number of likely N-dealkylation sites (N-methyl/N-ethyl adjacent to an activating group) is 1. The van der Waals surface area contributed by atoms with Crippen molar-refractivity contribution in [3.8, 4) is 0 Å². The number of sulfonamides is 1. The summed E-state index contributed by atoms with van der Waals surface area (Å²) in [5, 5.41) is 2.89. The number of nitrogens with one attached hydrogen (secondary N) is 2. The van der Waals surface area contributed by atoms with E-state index in [1.165, 1.54) is 18.2 Å². The van der Waals surface area contributed by atoms with E-state index in [4.69, 9.17) is 0 Å². The third kappa shape index (κ3) is 3.74. The molecular formula is C10H14BrFN2O2S. The van der Waals surface area contributed by atoms with Crippen molar-refractivity contribution in [2.24, 2.45) is 0 Å². The minimum Gasteiger partial charge on any atom is -0.316 e. The van der Waals surface area contributed by atoms with Gasteiger partial charge in [-0.1, -0.05) is 6.07 Å². The molecule has 1 aromatic rings. The molecule has 1 atom stereocenters. The van der Waals surface area contributed by atoms with Gasteiger partial charge in [-0.2, -0.15) is 0 Å². The first-order chi connectivity index (χ1) is 7.88. The van der Waals surface area contributed by atoms with E-state index in [1.54, 1.807) is 7.05 Å². The molecular weight excluding hydrogens is 311 g/mol. The molecule has 0 amide bonds. The minimum atomic E-state index is -3.81. The van der Waals surface area contributed by atoms with Crippen LogP contribution < -0.4 is 10.0 Å². The highest BCUT2D eigenvalue weighted by molar-refractivity contribution is 9.10. The Morgan fingerprint density at radius 3 is 2.71 bits per heavy atom. The van der Waals surface area contributed by atoms with Crippen molar-refractivity contribution in [1.82, 2.24) is 10.0 Å². The van der Waals surface area contributed by atoms with Gasteiger partial charge in [0, 0.05) is 12.6 Å². The minimum absolute atomic E-state index is 0.0278. The third-order valence-electron chi connectivity index (χ3n) is 2.28. The van der Waals surface area contributed by atoms with Crippen molar-refractivity contribution in [3.63, 3.8) is 0 Å². The summed E-state index contributed by atoms with van der Waals surface area (Å²) in [5.41, 5.74) is 0. The fourth-order valence-corrected chi connectivity index (χ4v) is 2.83. The number of rotatable bonds is 5. The second kappa shape index (κ2) is 5.90. The van der Waals surface area contributed by atoms with Crippen LogP contribution in [0.3, 0.4) is 0 Å². The zero-order valence-corrected chi connectivity index (χ0v) is 11.9. The first-order valence-electron chi connectivity index (χ1n) is 4.99. The number of benzene rings is 1. The van der Waals surface area contributed by atoms with Gasteiger partial charge in [-0.3, -0.25) is 0 Å². The second-order valence-corrected chi connectivity index (χ2v) is 6.18. The lowest BCUT2D eigenvalue weighted by molar-refractivity contribution is 0.539. The van der Waals surface area contributed by atoms with Gasteiger partial charge < -0.3 is 5.32 Å². The first-order valence-corrected chi connectivity index (χ1v) is 7.27. The quantitative estimate of drug-likeness (QED) is 0.862. The number of hydrogen-bond donors (Lipinski definition) is 2. The standard InChI is InChI=1S/C10H14BrFN2O2S/c1-7(13-2)6-14-17(15,16)9-5-3-4-8(11)10(9)12/h3-5,7,13-14H,6H2,1-2H3. The van der Waals surface area contributed by atoms with Gasteiger partial charge in [-0.15, -0.1) is 0 Å². The van der Waals surface area contributed by atoms with Crippen LogP contribution in [-0.2, 0) is 10.0 Å². The van der Waals surface area contributed by atoms with Gasteiger partial charge in [-0.05, 0) is 42.0 Å². The molecule has 0 saturated heterocycles. The summed E-state index contributed by atoms with van der Waals surface area (Å²) in [6.07, 6.45) is 0. The molecule has 2 N–H and O–H groups in total. The lowest BCUT2D eigenvalue weighted by Gasteiger charge is -2.12. The molecule has 96 valence electrons. The average Bonchev–Trinajstić information content (AvgIpc) is 2.29. The van der Waals surface area contributed by atoms with Gasteiger partial charge in [0.05, 0.1) is 4.47 Å². The molecule has 0 aromatic heterocycles. The Bertz CT molecular complexity index is 493. The molecule has 0 fully saturated rings. The molecule has 17 heavy (non-hydrogen) atoms. The van der Waals surface area contributed by atoms with Crippen molar-refractivity contribution >= 4 is 26.0 Å². The average molecular weight is 325 g/mol. The van der Waals surface area contributed by atoms with Gasteiger partial charge in [0.15, 0.2) is 5.82 Å². The van der Waals surface area contributed by atoms with Gasteiger partial charge >= 0.3 is 0 Å². The lowest BCUT2D eigenvalue weighted by atomic mass is 10.3. The summed E-state index contributed by atoms with van der Waals surface area (Å²) < 4.78 is 39.7. The molecule has 0 radical (unpaired) electrons. The number of hydrogen-bond acceptors (Lipinski definition) is 3. The van der Waals surface area contributed by atoms with Crippen LogP contribution in [0.4, 0.5) is 4.39 Å². The van der Waals surface area contributed by atoms with E-state index in [2.05, 4.69) is 26.0 Å². The maximum Gasteiger partial charge on any atom is 0.243 e. The summed E-state index contributed by atoms with van der Waals surface area (Å²) >= 11 is 2.95. The molecule has 4 nitrogen and oxygen atoms in total. The van der Waals surface area contributed by atoms with Crippen molar-refractivity contribution in [2.75, 3.05) is 13.6 Å². The molecule has 0 aliphatic carbocycles. The smallest absolute Gasteiger partial charge is 0.243 e. The zero-order chi connectivity index (χ0) is 13.1. The van der Waals surface area contributed by atoms with Crippen LogP contribution in [0.15, 0.2) is 27.6 Å². The van der Waals surface area contributed by atoms with Crippen LogP contribution in [-0.4, -0.2) is 28.1 Å². The Hall–Kier alpha value is -0.500. The van der Waals surface area contributed by atoms with E-state index in [0.717, 1.165) is 0 Å². The Balaban J connectivity index is 2.94. The van der Waals surface area contributed by atoms with Gasteiger partial charge in [0.1, 0.15) is 4.90 Å². The predicted octanol–water partition coefficient (Wildman–Crippen LogP) is 1.47. The van der Waals surface area contributed by atoms with Crippen molar-refractivity contribution in [2.45, 2.75) is 17.9 Å². The largest absolute Gasteiger partial charge is 0.316 e.